The molecule has 0 atom stereocenters. The van der Waals surface area contributed by atoms with Gasteiger partial charge in [0.2, 0.25) is 0 Å². The summed E-state index contributed by atoms with van der Waals surface area (Å²) in [6.07, 6.45) is 2.13. The third-order valence-electron chi connectivity index (χ3n) is 6.29. The lowest BCUT2D eigenvalue weighted by atomic mass is 10.3. The van der Waals surface area contributed by atoms with Crippen LogP contribution in [0, 0.1) is 0 Å². The summed E-state index contributed by atoms with van der Waals surface area (Å²) in [6, 6.07) is 0. The molecule has 18 nitrogen and oxygen atoms in total. The quantitative estimate of drug-likeness (QED) is 0.0379. The van der Waals surface area contributed by atoms with Crippen molar-refractivity contribution in [2.75, 3.05) is 192 Å². The highest BCUT2D eigenvalue weighted by Gasteiger charge is 1.98. The van der Waals surface area contributed by atoms with Crippen molar-refractivity contribution < 1.29 is 71.1 Å². The monoisotopic (exact) mass is 757 g/mol. The second-order valence-corrected chi connectivity index (χ2v) is 10.7. The van der Waals surface area contributed by atoms with Crippen molar-refractivity contribution in [3.63, 3.8) is 0 Å². The van der Waals surface area contributed by atoms with Crippen molar-refractivity contribution in [3.8, 4) is 0 Å². The summed E-state index contributed by atoms with van der Waals surface area (Å²) in [5.74, 6) is 0.123. The summed E-state index contributed by atoms with van der Waals surface area (Å²) in [5, 5.41) is 3.47. The van der Waals surface area contributed by atoms with Crippen LogP contribution in [0.4, 0.5) is 0 Å². The van der Waals surface area contributed by atoms with Crippen LogP contribution in [0.15, 0.2) is 5.11 Å². The molecule has 308 valence electrons. The number of hydrogen-bond donors (Lipinski definition) is 0. The van der Waals surface area contributed by atoms with E-state index in [1.54, 1.807) is 6.92 Å². The molecule has 0 aromatic rings. The fraction of sp³-hybridized carbons (Fsp3) is 0.971. The Morgan fingerprint density at radius 2 is 0.577 bits per heavy atom. The van der Waals surface area contributed by atoms with E-state index >= 15 is 0 Å². The maximum Gasteiger partial charge on any atom is 0.132 e. The number of carbonyl (C=O) groups is 1. The topological polar surface area (TPSA) is 195 Å². The first-order chi connectivity index (χ1) is 25.8. The molecule has 0 amide bonds. The van der Waals surface area contributed by atoms with E-state index in [1.807, 2.05) is 0 Å². The average molecular weight is 758 g/mol. The summed E-state index contributed by atoms with van der Waals surface area (Å²) < 4.78 is 76.2. The van der Waals surface area contributed by atoms with Gasteiger partial charge in [0, 0.05) is 24.5 Å². The van der Waals surface area contributed by atoms with Crippen molar-refractivity contribution in [3.05, 3.63) is 10.4 Å². The third-order valence-corrected chi connectivity index (χ3v) is 6.29. The lowest BCUT2D eigenvalue weighted by molar-refractivity contribution is -0.118. The van der Waals surface area contributed by atoms with Gasteiger partial charge in [0.25, 0.3) is 0 Å². The molecular weight excluding hydrogens is 690 g/mol. The standard InChI is InChI=1S/C34H67N3O15/c1-34(38)4-7-40-9-11-42-13-15-44-17-19-46-21-23-48-25-27-50-29-31-52-33-32-51-30-28-49-26-24-47-22-20-45-18-16-43-14-12-41-10-8-39-6-3-2-5-36-37-35/h2-33H2,1H3. The first-order valence-corrected chi connectivity index (χ1v) is 18.4. The van der Waals surface area contributed by atoms with E-state index in [-0.39, 0.29) is 5.78 Å². The van der Waals surface area contributed by atoms with E-state index in [4.69, 9.17) is 71.8 Å². The Kier molecular flexibility index (Phi) is 46.0. The van der Waals surface area contributed by atoms with Crippen LogP contribution in [-0.2, 0) is 71.1 Å². The molecule has 0 bridgehead atoms. The highest BCUT2D eigenvalue weighted by Crippen LogP contribution is 1.92. The molecule has 0 saturated heterocycles. The summed E-state index contributed by atoms with van der Waals surface area (Å²) in [7, 11) is 0. The number of hydrogen-bond acceptors (Lipinski definition) is 16. The zero-order valence-corrected chi connectivity index (χ0v) is 31.6. The minimum Gasteiger partial charge on any atom is -0.379 e. The van der Waals surface area contributed by atoms with E-state index in [0.717, 1.165) is 12.8 Å². The van der Waals surface area contributed by atoms with Crippen LogP contribution in [0.25, 0.3) is 10.4 Å². The van der Waals surface area contributed by atoms with Crippen LogP contribution < -0.4 is 0 Å². The van der Waals surface area contributed by atoms with Gasteiger partial charge in [-0.25, -0.2) is 0 Å². The van der Waals surface area contributed by atoms with E-state index in [9.17, 15) is 4.79 Å². The minimum absolute atomic E-state index is 0.123. The summed E-state index contributed by atoms with van der Waals surface area (Å²) in [6.45, 7) is 16.1. The van der Waals surface area contributed by atoms with Crippen molar-refractivity contribution in [1.29, 1.82) is 0 Å². The highest BCUT2D eigenvalue weighted by molar-refractivity contribution is 5.75. The zero-order valence-electron chi connectivity index (χ0n) is 31.6. The lowest BCUT2D eigenvalue weighted by Gasteiger charge is -2.09. The molecule has 0 rings (SSSR count). The van der Waals surface area contributed by atoms with Gasteiger partial charge in [0.15, 0.2) is 0 Å². The first kappa shape index (κ1) is 50.4. The van der Waals surface area contributed by atoms with E-state index in [1.165, 1.54) is 0 Å². The van der Waals surface area contributed by atoms with Gasteiger partial charge < -0.3 is 66.3 Å². The van der Waals surface area contributed by atoms with Crippen molar-refractivity contribution in [2.45, 2.75) is 26.2 Å². The van der Waals surface area contributed by atoms with Gasteiger partial charge in [-0.3, -0.25) is 4.79 Å². The number of Topliss-reactive ketones (excluding diaryl/α,β-unsaturated/α-hetero) is 1. The van der Waals surface area contributed by atoms with E-state index in [2.05, 4.69) is 10.0 Å². The number of azide groups is 1. The molecule has 0 unspecified atom stereocenters. The second-order valence-electron chi connectivity index (χ2n) is 10.7. The van der Waals surface area contributed by atoms with Gasteiger partial charge in [-0.15, -0.1) is 0 Å². The maximum atomic E-state index is 10.8. The van der Waals surface area contributed by atoms with Gasteiger partial charge in [-0.1, -0.05) is 5.11 Å². The third kappa shape index (κ3) is 48.4. The summed E-state index contributed by atoms with van der Waals surface area (Å²) >= 11 is 0. The molecule has 0 aliphatic heterocycles. The molecule has 52 heavy (non-hydrogen) atoms. The summed E-state index contributed by atoms with van der Waals surface area (Å²) in [4.78, 5) is 13.5. The van der Waals surface area contributed by atoms with Crippen molar-refractivity contribution in [2.24, 2.45) is 5.11 Å². The van der Waals surface area contributed by atoms with Crippen LogP contribution in [0.1, 0.15) is 26.2 Å². The molecule has 0 heterocycles. The van der Waals surface area contributed by atoms with Gasteiger partial charge in [-0.05, 0) is 25.3 Å². The first-order valence-electron chi connectivity index (χ1n) is 18.4. The SMILES string of the molecule is CC(=O)CCOCCOCCOCCOCCOCCOCCOCCOCCOCCOCCOCCOCCOCCOCCCCN=[N+]=[N-]. The Balaban J connectivity index is 3.06. The largest absolute Gasteiger partial charge is 0.379 e. The molecule has 0 aliphatic carbocycles. The normalized spacial score (nSPS) is 11.3. The lowest BCUT2D eigenvalue weighted by Crippen LogP contribution is -2.15. The molecule has 18 heteroatoms. The predicted octanol–water partition coefficient (Wildman–Crippen LogP) is 2.29. The van der Waals surface area contributed by atoms with Gasteiger partial charge in [-0.2, -0.15) is 0 Å². The fourth-order valence-corrected chi connectivity index (χ4v) is 3.61. The second kappa shape index (κ2) is 47.4. The number of rotatable bonds is 47. The van der Waals surface area contributed by atoms with Crippen LogP contribution in [-0.4, -0.2) is 197 Å². The van der Waals surface area contributed by atoms with Gasteiger partial charge in [0.05, 0.1) is 178 Å². The minimum atomic E-state index is 0.123. The predicted molar refractivity (Wildman–Crippen MR) is 190 cm³/mol. The molecular formula is C34H67N3O15. The van der Waals surface area contributed by atoms with Gasteiger partial charge in [0.1, 0.15) is 5.78 Å². The number of nitrogens with zero attached hydrogens (tertiary/aromatic N) is 3. The van der Waals surface area contributed by atoms with Crippen LogP contribution in [0.3, 0.4) is 0 Å². The van der Waals surface area contributed by atoms with Crippen LogP contribution in [0.2, 0.25) is 0 Å². The molecule has 0 radical (unpaired) electrons. The van der Waals surface area contributed by atoms with Gasteiger partial charge >= 0.3 is 0 Å². The van der Waals surface area contributed by atoms with Crippen LogP contribution in [0.5, 0.6) is 0 Å². The Hall–Kier alpha value is -1.58. The number of ether oxygens (including phenoxy) is 14. The van der Waals surface area contributed by atoms with Crippen molar-refractivity contribution in [1.82, 2.24) is 0 Å². The Bertz CT molecular complexity index is 709. The Labute approximate surface area is 310 Å². The van der Waals surface area contributed by atoms with Crippen LogP contribution >= 0.6 is 0 Å². The molecule has 0 aromatic heterocycles. The smallest absolute Gasteiger partial charge is 0.132 e. The molecule has 0 aliphatic rings. The Morgan fingerprint density at radius 1 is 0.365 bits per heavy atom. The highest BCUT2D eigenvalue weighted by atomic mass is 16.6. The van der Waals surface area contributed by atoms with E-state index in [0.29, 0.717) is 198 Å². The number of unbranched alkanes of at least 4 members (excludes halogenated alkanes) is 1. The zero-order chi connectivity index (χ0) is 37.5. The summed E-state index contributed by atoms with van der Waals surface area (Å²) in [5.41, 5.74) is 8.19. The molecule has 0 spiro atoms. The maximum absolute atomic E-state index is 10.8. The Morgan fingerprint density at radius 3 is 0.788 bits per heavy atom. The molecule has 0 saturated carbocycles. The fourth-order valence-electron chi connectivity index (χ4n) is 3.61. The molecule has 0 aromatic carbocycles. The van der Waals surface area contributed by atoms with E-state index < -0.39 is 0 Å². The molecule has 0 N–H and O–H groups in total. The molecule has 0 fully saturated rings. The van der Waals surface area contributed by atoms with Crippen molar-refractivity contribution >= 4 is 5.78 Å². The number of carbonyl (C=O) groups excluding carboxylic acids is 1. The number of ketones is 1. The average Bonchev–Trinajstić information content (AvgIpc) is 3.14.